The highest BCUT2D eigenvalue weighted by Crippen LogP contribution is 2.32. The lowest BCUT2D eigenvalue weighted by atomic mass is 9.91. The lowest BCUT2D eigenvalue weighted by Gasteiger charge is -2.31. The number of pyridine rings is 1. The Morgan fingerprint density at radius 2 is 2.16 bits per heavy atom. The highest BCUT2D eigenvalue weighted by Gasteiger charge is 2.27. The molecule has 4 N–H and O–H groups in total. The largest absolute Gasteiger partial charge is 0.396 e. The number of thiophene rings is 1. The number of carbonyl (C=O) groups excluding carboxylic acids is 1. The number of amides is 1. The van der Waals surface area contributed by atoms with Gasteiger partial charge in [-0.3, -0.25) is 4.79 Å². The molecule has 1 aliphatic heterocycles. The number of carbonyl (C=O) groups is 1. The van der Waals surface area contributed by atoms with Gasteiger partial charge in [-0.1, -0.05) is 0 Å². The number of nitrogen functional groups attached to an aromatic ring is 1. The number of hydrogen-bond acceptors (Lipinski definition) is 8. The SMILES string of the molecule is Cc1cnc2c(N)c(C(=O)NC3CCc4nc(N5CCNCC5)cc(F)c4C3)sc2n1. The molecule has 0 radical (unpaired) electrons. The van der Waals surface area contributed by atoms with Gasteiger partial charge in [-0.25, -0.2) is 19.3 Å². The Balaban J connectivity index is 1.33. The van der Waals surface area contributed by atoms with E-state index in [1.807, 2.05) is 6.92 Å². The Kier molecular flexibility index (Phi) is 5.19. The quantitative estimate of drug-likeness (QED) is 0.569. The molecule has 1 unspecified atom stereocenters. The zero-order valence-corrected chi connectivity index (χ0v) is 18.1. The van der Waals surface area contributed by atoms with Crippen LogP contribution in [0.25, 0.3) is 10.3 Å². The van der Waals surface area contributed by atoms with Crippen molar-refractivity contribution in [2.75, 3.05) is 36.8 Å². The van der Waals surface area contributed by atoms with Crippen molar-refractivity contribution in [3.63, 3.8) is 0 Å². The fourth-order valence-corrected chi connectivity index (χ4v) is 5.23. The minimum absolute atomic E-state index is 0.173. The van der Waals surface area contributed by atoms with Crippen LogP contribution in [0.2, 0.25) is 0 Å². The van der Waals surface area contributed by atoms with Crippen LogP contribution in [0.3, 0.4) is 0 Å². The minimum Gasteiger partial charge on any atom is -0.396 e. The zero-order chi connectivity index (χ0) is 21.5. The Morgan fingerprint density at radius 1 is 1.35 bits per heavy atom. The van der Waals surface area contributed by atoms with Crippen molar-refractivity contribution < 1.29 is 9.18 Å². The number of rotatable bonds is 3. The second-order valence-electron chi connectivity index (χ2n) is 8.05. The molecule has 3 aromatic heterocycles. The van der Waals surface area contributed by atoms with Gasteiger partial charge >= 0.3 is 0 Å². The molecule has 162 valence electrons. The average molecular weight is 442 g/mol. The first-order valence-corrected chi connectivity index (χ1v) is 11.3. The highest BCUT2D eigenvalue weighted by molar-refractivity contribution is 7.21. The molecule has 0 spiro atoms. The number of nitrogens with one attached hydrogen (secondary N) is 2. The van der Waals surface area contributed by atoms with Crippen LogP contribution in [-0.4, -0.2) is 53.1 Å². The van der Waals surface area contributed by atoms with E-state index in [-0.39, 0.29) is 17.8 Å². The fourth-order valence-electron chi connectivity index (χ4n) is 4.23. The normalized spacial score (nSPS) is 18.8. The van der Waals surface area contributed by atoms with Crippen LogP contribution < -0.4 is 21.3 Å². The van der Waals surface area contributed by atoms with E-state index >= 15 is 0 Å². The summed E-state index contributed by atoms with van der Waals surface area (Å²) in [6.07, 6.45) is 3.38. The lowest BCUT2D eigenvalue weighted by Crippen LogP contribution is -2.44. The van der Waals surface area contributed by atoms with Crippen molar-refractivity contribution in [2.45, 2.75) is 32.2 Å². The van der Waals surface area contributed by atoms with Crippen molar-refractivity contribution in [3.8, 4) is 0 Å². The molecule has 31 heavy (non-hydrogen) atoms. The van der Waals surface area contributed by atoms with Gasteiger partial charge in [0.05, 0.1) is 11.4 Å². The van der Waals surface area contributed by atoms with Gasteiger partial charge < -0.3 is 21.3 Å². The van der Waals surface area contributed by atoms with Crippen LogP contribution in [0.1, 0.15) is 33.0 Å². The summed E-state index contributed by atoms with van der Waals surface area (Å²) < 4.78 is 14.9. The van der Waals surface area contributed by atoms with Gasteiger partial charge in [0.15, 0.2) is 0 Å². The van der Waals surface area contributed by atoms with E-state index in [0.717, 1.165) is 37.6 Å². The third-order valence-electron chi connectivity index (χ3n) is 5.86. The molecule has 1 amide bonds. The summed E-state index contributed by atoms with van der Waals surface area (Å²) in [6.45, 7) is 5.24. The summed E-state index contributed by atoms with van der Waals surface area (Å²) >= 11 is 1.23. The van der Waals surface area contributed by atoms with Crippen LogP contribution in [0, 0.1) is 12.7 Å². The van der Waals surface area contributed by atoms with Crippen molar-refractivity contribution in [1.29, 1.82) is 0 Å². The predicted molar refractivity (Wildman–Crippen MR) is 119 cm³/mol. The molecular formula is C21H24FN7OS. The Bertz CT molecular complexity index is 1160. The molecule has 8 nitrogen and oxygen atoms in total. The third kappa shape index (κ3) is 3.81. The molecule has 0 aromatic carbocycles. The summed E-state index contributed by atoms with van der Waals surface area (Å²) in [5, 5.41) is 6.32. The van der Waals surface area contributed by atoms with Crippen molar-refractivity contribution in [2.24, 2.45) is 0 Å². The second kappa shape index (κ2) is 8.01. The number of piperazine rings is 1. The van der Waals surface area contributed by atoms with Crippen LogP contribution in [-0.2, 0) is 12.8 Å². The van der Waals surface area contributed by atoms with E-state index in [4.69, 9.17) is 10.7 Å². The first-order valence-electron chi connectivity index (χ1n) is 10.5. The predicted octanol–water partition coefficient (Wildman–Crippen LogP) is 1.81. The van der Waals surface area contributed by atoms with Crippen LogP contribution in [0.15, 0.2) is 12.3 Å². The van der Waals surface area contributed by atoms with Gasteiger partial charge in [-0.15, -0.1) is 11.3 Å². The number of anilines is 2. The summed E-state index contributed by atoms with van der Waals surface area (Å²) in [4.78, 5) is 29.5. The van der Waals surface area contributed by atoms with E-state index in [2.05, 4.69) is 25.5 Å². The Labute approximate surface area is 183 Å². The molecular weight excluding hydrogens is 417 g/mol. The number of hydrogen-bond donors (Lipinski definition) is 3. The summed E-state index contributed by atoms with van der Waals surface area (Å²) in [7, 11) is 0. The van der Waals surface area contributed by atoms with Crippen molar-refractivity contribution in [1.82, 2.24) is 25.6 Å². The number of nitrogens with two attached hydrogens (primary N) is 1. The van der Waals surface area contributed by atoms with Gasteiger partial charge in [-0.2, -0.15) is 0 Å². The van der Waals surface area contributed by atoms with E-state index in [0.29, 0.717) is 51.6 Å². The van der Waals surface area contributed by atoms with Gasteiger partial charge in [0, 0.05) is 55.7 Å². The molecule has 1 atom stereocenters. The number of halogens is 1. The molecule has 1 fully saturated rings. The minimum atomic E-state index is -0.265. The molecule has 4 heterocycles. The first kappa shape index (κ1) is 20.1. The molecule has 0 saturated carbocycles. The van der Waals surface area contributed by atoms with E-state index in [1.165, 1.54) is 17.4 Å². The molecule has 5 rings (SSSR count). The summed E-state index contributed by atoms with van der Waals surface area (Å²) in [6, 6.07) is 1.35. The smallest absolute Gasteiger partial charge is 0.263 e. The molecule has 3 aromatic rings. The highest BCUT2D eigenvalue weighted by atomic mass is 32.1. The van der Waals surface area contributed by atoms with Crippen LogP contribution in [0.4, 0.5) is 15.9 Å². The first-order chi connectivity index (χ1) is 15.0. The number of fused-ring (bicyclic) bond motifs is 2. The summed E-state index contributed by atoms with van der Waals surface area (Å²) in [5.41, 5.74) is 9.20. The monoisotopic (exact) mass is 441 g/mol. The van der Waals surface area contributed by atoms with Crippen LogP contribution >= 0.6 is 11.3 Å². The third-order valence-corrected chi connectivity index (χ3v) is 6.95. The standard InChI is InChI=1S/C21H24FN7OS/c1-11-10-25-18-17(23)19(31-21(18)26-11)20(30)27-12-2-3-15-13(8-12)14(22)9-16(28-15)29-6-4-24-5-7-29/h9-10,12,24H,2-8,23H2,1H3,(H,27,30). The maximum atomic E-state index is 14.9. The van der Waals surface area contributed by atoms with Gasteiger partial charge in [0.25, 0.3) is 5.91 Å². The van der Waals surface area contributed by atoms with Crippen LogP contribution in [0.5, 0.6) is 0 Å². The molecule has 1 saturated heterocycles. The number of aryl methyl sites for hydroxylation is 2. The average Bonchev–Trinajstić information content (AvgIpc) is 3.10. The Hall–Kier alpha value is -2.85. The van der Waals surface area contributed by atoms with Crippen molar-refractivity contribution >= 4 is 39.1 Å². The van der Waals surface area contributed by atoms with Gasteiger partial charge in [-0.05, 0) is 26.2 Å². The number of aromatic nitrogens is 3. The van der Waals surface area contributed by atoms with E-state index < -0.39 is 0 Å². The molecule has 1 aliphatic carbocycles. The van der Waals surface area contributed by atoms with Gasteiger partial charge in [0.2, 0.25) is 0 Å². The topological polar surface area (TPSA) is 109 Å². The lowest BCUT2D eigenvalue weighted by molar-refractivity contribution is 0.0938. The zero-order valence-electron chi connectivity index (χ0n) is 17.2. The molecule has 10 heteroatoms. The molecule has 0 bridgehead atoms. The van der Waals surface area contributed by atoms with Crippen molar-refractivity contribution in [3.05, 3.63) is 39.9 Å². The second-order valence-corrected chi connectivity index (χ2v) is 9.05. The van der Waals surface area contributed by atoms with E-state index in [9.17, 15) is 9.18 Å². The maximum Gasteiger partial charge on any atom is 0.263 e. The molecule has 2 aliphatic rings. The summed E-state index contributed by atoms with van der Waals surface area (Å²) in [5.74, 6) is 0.190. The number of nitrogens with zero attached hydrogens (tertiary/aromatic N) is 4. The maximum absolute atomic E-state index is 14.9. The van der Waals surface area contributed by atoms with E-state index in [1.54, 1.807) is 6.20 Å². The Morgan fingerprint density at radius 3 is 2.97 bits per heavy atom. The fraction of sp³-hybridized carbons (Fsp3) is 0.429. The van der Waals surface area contributed by atoms with Gasteiger partial charge in [0.1, 0.15) is 26.9 Å².